The minimum Gasteiger partial charge on any atom is -0.372 e. The van der Waals surface area contributed by atoms with Gasteiger partial charge in [0.2, 0.25) is 0 Å². The summed E-state index contributed by atoms with van der Waals surface area (Å²) in [4.78, 5) is 0. The average molecular weight is 112 g/mol. The van der Waals surface area contributed by atoms with Crippen LogP contribution in [0.5, 0.6) is 0 Å². The second kappa shape index (κ2) is 1.71. The van der Waals surface area contributed by atoms with E-state index in [1.807, 2.05) is 0 Å². The Balaban J connectivity index is 2.03. The van der Waals surface area contributed by atoms with E-state index >= 15 is 0 Å². The number of fused-ring (bicyclic) bond motifs is 2. The minimum atomic E-state index is 0.494. The van der Waals surface area contributed by atoms with Crippen molar-refractivity contribution >= 4 is 0 Å². The van der Waals surface area contributed by atoms with Crippen molar-refractivity contribution in [3.05, 3.63) is 0 Å². The van der Waals surface area contributed by atoms with Gasteiger partial charge in [-0.3, -0.25) is 0 Å². The molecule has 0 aromatic carbocycles. The molecule has 0 N–H and O–H groups in total. The highest BCUT2D eigenvalue weighted by Gasteiger charge is 2.29. The van der Waals surface area contributed by atoms with Gasteiger partial charge in [0.1, 0.15) is 0 Å². The molecule has 0 amide bonds. The van der Waals surface area contributed by atoms with Gasteiger partial charge in [0.05, 0.1) is 12.2 Å². The fraction of sp³-hybridized carbons (Fsp3) is 1.00. The molecule has 2 fully saturated rings. The second-order valence-corrected chi connectivity index (χ2v) is 2.55. The molecule has 45 valence electrons. The molecule has 2 aliphatic rings. The Kier molecular flexibility index (Phi) is 1.02. The molecule has 2 heterocycles. The van der Waals surface area contributed by atoms with Crippen LogP contribution in [0, 0.1) is 0 Å². The van der Waals surface area contributed by atoms with Crippen LogP contribution in [0.1, 0.15) is 12.8 Å². The quantitative estimate of drug-likeness (QED) is 0.437. The van der Waals surface area contributed by atoms with Crippen molar-refractivity contribution in [1.82, 2.24) is 5.32 Å². The molecule has 8 heavy (non-hydrogen) atoms. The van der Waals surface area contributed by atoms with Gasteiger partial charge in [-0.25, -0.2) is 5.32 Å². The van der Waals surface area contributed by atoms with Gasteiger partial charge >= 0.3 is 0 Å². The molecule has 0 aliphatic carbocycles. The summed E-state index contributed by atoms with van der Waals surface area (Å²) < 4.78 is 5.50. The van der Waals surface area contributed by atoms with Crippen LogP contribution in [0.15, 0.2) is 0 Å². The lowest BCUT2D eigenvalue weighted by Gasteiger charge is -2.18. The first kappa shape index (κ1) is 4.77. The molecule has 0 spiro atoms. The van der Waals surface area contributed by atoms with Gasteiger partial charge in [0.15, 0.2) is 0 Å². The zero-order valence-corrected chi connectivity index (χ0v) is 4.84. The summed E-state index contributed by atoms with van der Waals surface area (Å²) in [5.74, 6) is 0. The van der Waals surface area contributed by atoms with E-state index in [4.69, 9.17) is 4.74 Å². The first-order chi connectivity index (χ1) is 3.95. The average Bonchev–Trinajstić information content (AvgIpc) is 2.12. The molecule has 1 radical (unpaired) electrons. The first-order valence-electron chi connectivity index (χ1n) is 3.24. The fourth-order valence-corrected chi connectivity index (χ4v) is 1.41. The van der Waals surface area contributed by atoms with E-state index < -0.39 is 0 Å². The Bertz CT molecular complexity index is 80.5. The summed E-state index contributed by atoms with van der Waals surface area (Å²) in [6.07, 6.45) is 3.48. The molecule has 2 aliphatic heterocycles. The zero-order valence-electron chi connectivity index (χ0n) is 4.84. The van der Waals surface area contributed by atoms with Crippen LogP contribution >= 0.6 is 0 Å². The van der Waals surface area contributed by atoms with Crippen LogP contribution < -0.4 is 5.32 Å². The molecular weight excluding hydrogens is 102 g/mol. The highest BCUT2D eigenvalue weighted by atomic mass is 16.5. The SMILES string of the molecule is C1C[C@H]2C[N]C[C@@H]1O2. The summed E-state index contributed by atoms with van der Waals surface area (Å²) in [7, 11) is 0. The number of nitrogens with zero attached hydrogens (tertiary/aromatic N) is 1. The maximum Gasteiger partial charge on any atom is 0.0721 e. The number of morpholine rings is 1. The molecule has 0 aromatic heterocycles. The van der Waals surface area contributed by atoms with E-state index in [0.717, 1.165) is 13.1 Å². The van der Waals surface area contributed by atoms with Crippen molar-refractivity contribution in [2.24, 2.45) is 0 Å². The lowest BCUT2D eigenvalue weighted by Crippen LogP contribution is -2.33. The van der Waals surface area contributed by atoms with Gasteiger partial charge in [-0.2, -0.15) is 0 Å². The molecule has 2 nitrogen and oxygen atoms in total. The van der Waals surface area contributed by atoms with E-state index in [2.05, 4.69) is 5.32 Å². The minimum absolute atomic E-state index is 0.494. The Labute approximate surface area is 49.2 Å². The first-order valence-corrected chi connectivity index (χ1v) is 3.24. The van der Waals surface area contributed by atoms with Crippen LogP contribution in [-0.4, -0.2) is 25.3 Å². The maximum absolute atomic E-state index is 5.50. The van der Waals surface area contributed by atoms with Crippen LogP contribution in [0.3, 0.4) is 0 Å². The van der Waals surface area contributed by atoms with Gasteiger partial charge < -0.3 is 4.74 Å². The Morgan fingerprint density at radius 3 is 2.25 bits per heavy atom. The lowest BCUT2D eigenvalue weighted by atomic mass is 10.2. The van der Waals surface area contributed by atoms with E-state index in [-0.39, 0.29) is 0 Å². The summed E-state index contributed by atoms with van der Waals surface area (Å²) in [6.45, 7) is 1.91. The van der Waals surface area contributed by atoms with Crippen molar-refractivity contribution in [2.75, 3.05) is 13.1 Å². The molecule has 2 saturated heterocycles. The van der Waals surface area contributed by atoms with Crippen molar-refractivity contribution in [2.45, 2.75) is 25.0 Å². The standard InChI is InChI=1S/C6H10NO/c1-2-6-4-7-3-5(1)8-6/h5-6H,1-4H2/t5-,6+. The van der Waals surface area contributed by atoms with Crippen LogP contribution in [0.4, 0.5) is 0 Å². The van der Waals surface area contributed by atoms with Gasteiger partial charge in [-0.05, 0) is 12.8 Å². The summed E-state index contributed by atoms with van der Waals surface area (Å²) in [6, 6.07) is 0. The highest BCUT2D eigenvalue weighted by molar-refractivity contribution is 4.81. The molecule has 0 aromatic rings. The monoisotopic (exact) mass is 112 g/mol. The van der Waals surface area contributed by atoms with E-state index in [1.165, 1.54) is 12.8 Å². The predicted octanol–water partition coefficient (Wildman–Crippen LogP) is 0.152. The third-order valence-corrected chi connectivity index (χ3v) is 1.86. The van der Waals surface area contributed by atoms with Crippen molar-refractivity contribution in [3.63, 3.8) is 0 Å². The van der Waals surface area contributed by atoms with Crippen LogP contribution in [0.25, 0.3) is 0 Å². The fourth-order valence-electron chi connectivity index (χ4n) is 1.41. The van der Waals surface area contributed by atoms with Crippen molar-refractivity contribution in [1.29, 1.82) is 0 Å². The van der Waals surface area contributed by atoms with E-state index in [9.17, 15) is 0 Å². The number of hydrogen-bond acceptors (Lipinski definition) is 1. The molecular formula is C6H10NO. The van der Waals surface area contributed by atoms with Gasteiger partial charge in [-0.15, -0.1) is 0 Å². The smallest absolute Gasteiger partial charge is 0.0721 e. The summed E-state index contributed by atoms with van der Waals surface area (Å²) in [5, 5.41) is 4.28. The van der Waals surface area contributed by atoms with Crippen molar-refractivity contribution < 1.29 is 4.74 Å². The molecule has 2 bridgehead atoms. The molecule has 2 atom stereocenters. The second-order valence-electron chi connectivity index (χ2n) is 2.55. The third-order valence-electron chi connectivity index (χ3n) is 1.86. The van der Waals surface area contributed by atoms with Crippen molar-refractivity contribution in [3.8, 4) is 0 Å². The van der Waals surface area contributed by atoms with E-state index in [1.54, 1.807) is 0 Å². The van der Waals surface area contributed by atoms with Crippen LogP contribution in [-0.2, 0) is 4.74 Å². The number of hydrogen-bond donors (Lipinski definition) is 0. The highest BCUT2D eigenvalue weighted by Crippen LogP contribution is 2.21. The van der Waals surface area contributed by atoms with E-state index in [0.29, 0.717) is 12.2 Å². The van der Waals surface area contributed by atoms with Crippen LogP contribution in [0.2, 0.25) is 0 Å². The molecule has 0 unspecified atom stereocenters. The summed E-state index contributed by atoms with van der Waals surface area (Å²) >= 11 is 0. The molecule has 2 heteroatoms. The number of rotatable bonds is 0. The van der Waals surface area contributed by atoms with Gasteiger partial charge in [-0.1, -0.05) is 0 Å². The summed E-state index contributed by atoms with van der Waals surface area (Å²) in [5.41, 5.74) is 0. The lowest BCUT2D eigenvalue weighted by molar-refractivity contribution is 0.0168. The number of ether oxygens (including phenoxy) is 1. The normalized spacial score (nSPS) is 45.0. The third kappa shape index (κ3) is 0.644. The Morgan fingerprint density at radius 1 is 1.12 bits per heavy atom. The predicted molar refractivity (Wildman–Crippen MR) is 29.8 cm³/mol. The molecule has 0 saturated carbocycles. The largest absolute Gasteiger partial charge is 0.372 e. The zero-order chi connectivity index (χ0) is 5.40. The van der Waals surface area contributed by atoms with Gasteiger partial charge in [0.25, 0.3) is 0 Å². The maximum atomic E-state index is 5.50. The Hall–Kier alpha value is -0.0800. The topological polar surface area (TPSA) is 23.3 Å². The Morgan fingerprint density at radius 2 is 1.75 bits per heavy atom. The van der Waals surface area contributed by atoms with Gasteiger partial charge in [0, 0.05) is 13.1 Å². The molecule has 2 rings (SSSR count).